The first kappa shape index (κ1) is 12.5. The molecule has 5 nitrogen and oxygen atoms in total. The second kappa shape index (κ2) is 4.40. The number of nitrogens with zero attached hydrogens (tertiary/aromatic N) is 1. The van der Waals surface area contributed by atoms with Crippen LogP contribution in [-0.4, -0.2) is 26.0 Å². The molecule has 1 aliphatic carbocycles. The fourth-order valence-electron chi connectivity index (χ4n) is 2.53. The molecule has 96 valence electrons. The number of carbonyl (C=O) groups is 1. The van der Waals surface area contributed by atoms with Gasteiger partial charge in [-0.1, -0.05) is 5.18 Å². The maximum atomic E-state index is 12.1. The fraction of sp³-hybridized carbons (Fsp3) is 0.462. The first-order chi connectivity index (χ1) is 8.56. The van der Waals surface area contributed by atoms with E-state index in [2.05, 4.69) is 5.18 Å². The van der Waals surface area contributed by atoms with Crippen molar-refractivity contribution in [2.75, 3.05) is 14.2 Å². The Kier molecular flexibility index (Phi) is 3.07. The van der Waals surface area contributed by atoms with Crippen LogP contribution in [0, 0.1) is 18.8 Å². The van der Waals surface area contributed by atoms with Gasteiger partial charge in [0.1, 0.15) is 11.5 Å². The third kappa shape index (κ3) is 1.50. The van der Waals surface area contributed by atoms with E-state index in [0.717, 1.165) is 16.7 Å². The third-order valence-corrected chi connectivity index (χ3v) is 3.53. The standard InChI is InChI=1S/C13H15NO4/c1-6-7(2)13(18-4)10-8(12(6)17-3)5-9(14-16)11(10)15/h9H,5H2,1-4H3. The van der Waals surface area contributed by atoms with Crippen LogP contribution in [0.4, 0.5) is 0 Å². The van der Waals surface area contributed by atoms with Crippen LogP contribution in [-0.2, 0) is 6.42 Å². The van der Waals surface area contributed by atoms with Crippen LogP contribution >= 0.6 is 0 Å². The third-order valence-electron chi connectivity index (χ3n) is 3.53. The van der Waals surface area contributed by atoms with E-state index in [4.69, 9.17) is 9.47 Å². The zero-order valence-electron chi connectivity index (χ0n) is 10.9. The number of hydrogen-bond acceptors (Lipinski definition) is 5. The monoisotopic (exact) mass is 249 g/mol. The number of Topliss-reactive ketones (excluding diaryl/α,β-unsaturated/α-hetero) is 1. The van der Waals surface area contributed by atoms with Gasteiger partial charge >= 0.3 is 0 Å². The van der Waals surface area contributed by atoms with Crippen LogP contribution in [0.25, 0.3) is 0 Å². The molecule has 0 bridgehead atoms. The fourth-order valence-corrected chi connectivity index (χ4v) is 2.53. The van der Waals surface area contributed by atoms with E-state index in [0.29, 0.717) is 23.5 Å². The Morgan fingerprint density at radius 2 is 1.67 bits per heavy atom. The molecule has 1 aromatic rings. The number of methoxy groups -OCH3 is 2. The lowest BCUT2D eigenvalue weighted by Gasteiger charge is -2.17. The van der Waals surface area contributed by atoms with Gasteiger partial charge in [-0.2, -0.15) is 4.91 Å². The van der Waals surface area contributed by atoms with Crippen molar-refractivity contribution in [2.24, 2.45) is 5.18 Å². The average molecular weight is 249 g/mol. The summed E-state index contributed by atoms with van der Waals surface area (Å²) in [6.45, 7) is 3.77. The molecule has 0 fully saturated rings. The van der Waals surface area contributed by atoms with Gasteiger partial charge in [0.25, 0.3) is 0 Å². The van der Waals surface area contributed by atoms with E-state index < -0.39 is 6.04 Å². The van der Waals surface area contributed by atoms with Gasteiger partial charge in [-0.05, 0) is 25.0 Å². The molecule has 0 amide bonds. The molecular weight excluding hydrogens is 234 g/mol. The lowest BCUT2D eigenvalue weighted by molar-refractivity contribution is 0.0972. The van der Waals surface area contributed by atoms with E-state index in [1.807, 2.05) is 13.8 Å². The summed E-state index contributed by atoms with van der Waals surface area (Å²) in [5.41, 5.74) is 2.95. The second-order valence-corrected chi connectivity index (χ2v) is 4.36. The van der Waals surface area contributed by atoms with Crippen molar-refractivity contribution in [1.82, 2.24) is 0 Å². The number of ketones is 1. The molecule has 0 aromatic heterocycles. The van der Waals surface area contributed by atoms with Gasteiger partial charge in [0.05, 0.1) is 19.8 Å². The van der Waals surface area contributed by atoms with E-state index in [1.54, 1.807) is 7.11 Å². The van der Waals surface area contributed by atoms with Crippen molar-refractivity contribution in [2.45, 2.75) is 26.3 Å². The summed E-state index contributed by atoms with van der Waals surface area (Å²) < 4.78 is 10.7. The van der Waals surface area contributed by atoms with Crippen LogP contribution in [0.2, 0.25) is 0 Å². The number of carbonyl (C=O) groups excluding carboxylic acids is 1. The van der Waals surface area contributed by atoms with Gasteiger partial charge in [-0.3, -0.25) is 4.79 Å². The van der Waals surface area contributed by atoms with Gasteiger partial charge in [0, 0.05) is 12.0 Å². The zero-order valence-corrected chi connectivity index (χ0v) is 10.9. The highest BCUT2D eigenvalue weighted by atomic mass is 16.5. The molecule has 0 heterocycles. The molecule has 5 heteroatoms. The van der Waals surface area contributed by atoms with Crippen molar-refractivity contribution in [1.29, 1.82) is 0 Å². The SMILES string of the molecule is COc1c(C)c(C)c(OC)c2c1CC(N=O)C2=O. The van der Waals surface area contributed by atoms with Crippen LogP contribution in [0.5, 0.6) is 11.5 Å². The van der Waals surface area contributed by atoms with Gasteiger partial charge in [-0.25, -0.2) is 0 Å². The van der Waals surface area contributed by atoms with E-state index >= 15 is 0 Å². The average Bonchev–Trinajstić information content (AvgIpc) is 2.69. The Bertz CT molecular complexity index is 537. The highest BCUT2D eigenvalue weighted by molar-refractivity contribution is 6.08. The Morgan fingerprint density at radius 3 is 2.17 bits per heavy atom. The molecule has 0 N–H and O–H groups in total. The summed E-state index contributed by atoms with van der Waals surface area (Å²) in [5.74, 6) is 0.903. The lowest BCUT2D eigenvalue weighted by atomic mass is 9.98. The van der Waals surface area contributed by atoms with Gasteiger partial charge in [-0.15, -0.1) is 0 Å². The molecule has 2 rings (SSSR count). The van der Waals surface area contributed by atoms with Crippen molar-refractivity contribution < 1.29 is 14.3 Å². The van der Waals surface area contributed by atoms with Gasteiger partial charge < -0.3 is 9.47 Å². The summed E-state index contributed by atoms with van der Waals surface area (Å²) in [6.07, 6.45) is 0.290. The predicted molar refractivity (Wildman–Crippen MR) is 66.6 cm³/mol. The van der Waals surface area contributed by atoms with E-state index in [9.17, 15) is 9.70 Å². The van der Waals surface area contributed by atoms with Crippen molar-refractivity contribution in [3.8, 4) is 11.5 Å². The van der Waals surface area contributed by atoms with E-state index in [-0.39, 0.29) is 5.78 Å². The number of ether oxygens (including phenoxy) is 2. The first-order valence-electron chi connectivity index (χ1n) is 5.67. The smallest absolute Gasteiger partial charge is 0.195 e. The van der Waals surface area contributed by atoms with Crippen molar-refractivity contribution in [3.05, 3.63) is 27.2 Å². The summed E-state index contributed by atoms with van der Waals surface area (Å²) in [5, 5.41) is 2.88. The first-order valence-corrected chi connectivity index (χ1v) is 5.67. The molecular formula is C13H15NO4. The molecule has 1 aromatic carbocycles. The van der Waals surface area contributed by atoms with Crippen LogP contribution in [0.3, 0.4) is 0 Å². The van der Waals surface area contributed by atoms with Crippen LogP contribution in [0.15, 0.2) is 5.18 Å². The Labute approximate surface area is 105 Å². The topological polar surface area (TPSA) is 65.0 Å². The van der Waals surface area contributed by atoms with Gasteiger partial charge in [0.15, 0.2) is 11.8 Å². The minimum atomic E-state index is -0.857. The van der Waals surface area contributed by atoms with Crippen LogP contribution in [0.1, 0.15) is 27.0 Å². The summed E-state index contributed by atoms with van der Waals surface area (Å²) >= 11 is 0. The maximum absolute atomic E-state index is 12.1. The number of benzene rings is 1. The number of rotatable bonds is 3. The largest absolute Gasteiger partial charge is 0.496 e. The highest BCUT2D eigenvalue weighted by Gasteiger charge is 2.38. The molecule has 1 atom stereocenters. The predicted octanol–water partition coefficient (Wildman–Crippen LogP) is 2.19. The second-order valence-electron chi connectivity index (χ2n) is 4.36. The molecule has 0 saturated heterocycles. The summed E-state index contributed by atoms with van der Waals surface area (Å²) in [7, 11) is 3.07. The molecule has 1 unspecified atom stereocenters. The Balaban J connectivity index is 2.78. The maximum Gasteiger partial charge on any atom is 0.195 e. The van der Waals surface area contributed by atoms with Crippen molar-refractivity contribution >= 4 is 5.78 Å². The Morgan fingerprint density at radius 1 is 1.11 bits per heavy atom. The number of hydrogen-bond donors (Lipinski definition) is 0. The molecule has 0 aliphatic heterocycles. The number of nitroso groups, excluding NO2 is 1. The minimum absolute atomic E-state index is 0.279. The molecule has 0 radical (unpaired) electrons. The zero-order chi connectivity index (χ0) is 13.4. The highest BCUT2D eigenvalue weighted by Crippen LogP contribution is 2.43. The van der Waals surface area contributed by atoms with E-state index in [1.165, 1.54) is 7.11 Å². The summed E-state index contributed by atoms with van der Waals surface area (Å²) in [4.78, 5) is 22.8. The minimum Gasteiger partial charge on any atom is -0.496 e. The molecule has 0 spiro atoms. The lowest BCUT2D eigenvalue weighted by Crippen LogP contribution is -2.12. The summed E-state index contributed by atoms with van der Waals surface area (Å²) in [6, 6.07) is -0.857. The molecule has 0 saturated carbocycles. The Hall–Kier alpha value is -1.91. The molecule has 18 heavy (non-hydrogen) atoms. The van der Waals surface area contributed by atoms with Crippen molar-refractivity contribution in [3.63, 3.8) is 0 Å². The molecule has 1 aliphatic rings. The van der Waals surface area contributed by atoms with Gasteiger partial charge in [0.2, 0.25) is 0 Å². The number of fused-ring (bicyclic) bond motifs is 1. The quantitative estimate of drug-likeness (QED) is 0.770. The normalized spacial score (nSPS) is 17.6. The van der Waals surface area contributed by atoms with Crippen LogP contribution < -0.4 is 9.47 Å².